The molecule has 0 aliphatic rings. The summed E-state index contributed by atoms with van der Waals surface area (Å²) in [6.45, 7) is 7.39. The van der Waals surface area contributed by atoms with E-state index in [1.165, 1.54) is 0 Å². The van der Waals surface area contributed by atoms with Gasteiger partial charge in [-0.2, -0.15) is 0 Å². The number of rotatable bonds is 6. The molecule has 12 heavy (non-hydrogen) atoms. The first kappa shape index (κ1) is 12.4. The van der Waals surface area contributed by atoms with E-state index in [-0.39, 0.29) is 0 Å². The molecule has 0 aliphatic heterocycles. The normalized spacial score (nSPS) is 16.4. The lowest BCUT2D eigenvalue weighted by Crippen LogP contribution is -2.20. The second kappa shape index (κ2) is 5.98. The zero-order valence-electron chi connectivity index (χ0n) is 7.92. The van der Waals surface area contributed by atoms with Crippen molar-refractivity contribution in [1.82, 2.24) is 4.67 Å². The molecular formula is C7H17ClNO2P. The highest BCUT2D eigenvalue weighted by molar-refractivity contribution is 7.55. The molecule has 0 spiro atoms. The number of halogens is 1. The summed E-state index contributed by atoms with van der Waals surface area (Å²) in [5.41, 5.74) is 0. The first-order valence-electron chi connectivity index (χ1n) is 4.11. The van der Waals surface area contributed by atoms with Crippen LogP contribution in [0.25, 0.3) is 0 Å². The molecule has 0 heterocycles. The highest BCUT2D eigenvalue weighted by atomic mass is 35.5. The van der Waals surface area contributed by atoms with Gasteiger partial charge in [-0.1, -0.05) is 13.8 Å². The molecule has 0 aromatic carbocycles. The predicted octanol–water partition coefficient (Wildman–Crippen LogP) is 2.41. The average Bonchev–Trinajstić information content (AvgIpc) is 2.03. The third-order valence-electron chi connectivity index (χ3n) is 1.65. The molecule has 0 aromatic rings. The molecule has 74 valence electrons. The Hall–Kier alpha value is 0.440. The molecule has 1 unspecified atom stereocenters. The summed E-state index contributed by atoms with van der Waals surface area (Å²) in [5, 5.41) is 0. The van der Waals surface area contributed by atoms with Gasteiger partial charge in [-0.15, -0.1) is 11.6 Å². The van der Waals surface area contributed by atoms with Crippen molar-refractivity contribution in [3.63, 3.8) is 0 Å². The first-order chi connectivity index (χ1) is 5.58. The van der Waals surface area contributed by atoms with Crippen LogP contribution in [-0.2, 0) is 9.09 Å². The Bertz CT molecular complexity index is 161. The van der Waals surface area contributed by atoms with Crippen LogP contribution in [0.1, 0.15) is 13.8 Å². The van der Waals surface area contributed by atoms with Crippen LogP contribution in [0.5, 0.6) is 0 Å². The molecule has 0 rings (SSSR count). The van der Waals surface area contributed by atoms with E-state index < -0.39 is 7.52 Å². The minimum Gasteiger partial charge on any atom is -0.316 e. The van der Waals surface area contributed by atoms with Crippen LogP contribution >= 0.6 is 19.1 Å². The third kappa shape index (κ3) is 3.90. The van der Waals surface area contributed by atoms with E-state index in [1.54, 1.807) is 6.66 Å². The van der Waals surface area contributed by atoms with Crippen LogP contribution in [0.2, 0.25) is 0 Å². The van der Waals surface area contributed by atoms with E-state index >= 15 is 0 Å². The maximum atomic E-state index is 11.8. The van der Waals surface area contributed by atoms with Crippen molar-refractivity contribution in [2.75, 3.05) is 32.2 Å². The minimum absolute atomic E-state index is 0.353. The van der Waals surface area contributed by atoms with Gasteiger partial charge >= 0.3 is 0 Å². The van der Waals surface area contributed by atoms with Gasteiger partial charge in [-0.25, -0.2) is 4.67 Å². The van der Waals surface area contributed by atoms with Gasteiger partial charge in [0.05, 0.1) is 6.61 Å². The maximum Gasteiger partial charge on any atom is 0.269 e. The Morgan fingerprint density at radius 2 is 1.92 bits per heavy atom. The van der Waals surface area contributed by atoms with Crippen LogP contribution in [0, 0.1) is 0 Å². The topological polar surface area (TPSA) is 29.5 Å². The molecule has 0 saturated heterocycles. The molecular weight excluding hydrogens is 197 g/mol. The van der Waals surface area contributed by atoms with Crippen LogP contribution in [-0.4, -0.2) is 36.9 Å². The lowest BCUT2D eigenvalue weighted by Gasteiger charge is -2.25. The molecule has 0 N–H and O–H groups in total. The fourth-order valence-corrected chi connectivity index (χ4v) is 2.83. The van der Waals surface area contributed by atoms with Crippen molar-refractivity contribution >= 4 is 19.1 Å². The number of alkyl halides is 1. The lowest BCUT2D eigenvalue weighted by molar-refractivity contribution is 0.284. The second-order valence-corrected chi connectivity index (χ2v) is 5.27. The smallest absolute Gasteiger partial charge is 0.269 e. The Kier molecular flexibility index (Phi) is 6.20. The van der Waals surface area contributed by atoms with E-state index in [2.05, 4.69) is 0 Å². The summed E-state index contributed by atoms with van der Waals surface area (Å²) in [6.07, 6.45) is 0. The van der Waals surface area contributed by atoms with Crippen LogP contribution in [0.3, 0.4) is 0 Å². The van der Waals surface area contributed by atoms with Gasteiger partial charge < -0.3 is 4.52 Å². The summed E-state index contributed by atoms with van der Waals surface area (Å²) >= 11 is 5.43. The molecule has 5 heteroatoms. The molecule has 1 atom stereocenters. The number of hydrogen-bond acceptors (Lipinski definition) is 2. The standard InChI is InChI=1S/C7H17ClNO2P/c1-4-9(5-2)12(3,10)11-7-6-8/h4-7H2,1-3H3. The van der Waals surface area contributed by atoms with E-state index in [0.29, 0.717) is 12.5 Å². The molecule has 0 saturated carbocycles. The van der Waals surface area contributed by atoms with Gasteiger partial charge in [-0.3, -0.25) is 4.57 Å². The fourth-order valence-electron chi connectivity index (χ4n) is 1.02. The summed E-state index contributed by atoms with van der Waals surface area (Å²) < 4.78 is 18.8. The summed E-state index contributed by atoms with van der Waals surface area (Å²) in [7, 11) is -2.57. The quantitative estimate of drug-likeness (QED) is 0.501. The molecule has 0 aromatic heterocycles. The zero-order valence-corrected chi connectivity index (χ0v) is 9.57. The van der Waals surface area contributed by atoms with Crippen LogP contribution in [0.15, 0.2) is 0 Å². The molecule has 0 fully saturated rings. The fraction of sp³-hybridized carbons (Fsp3) is 1.00. The predicted molar refractivity (Wildman–Crippen MR) is 53.1 cm³/mol. The lowest BCUT2D eigenvalue weighted by atomic mass is 10.7. The van der Waals surface area contributed by atoms with Crippen molar-refractivity contribution in [3.05, 3.63) is 0 Å². The van der Waals surface area contributed by atoms with Crippen LogP contribution < -0.4 is 0 Å². The minimum atomic E-state index is -2.57. The number of nitrogens with zero attached hydrogens (tertiary/aromatic N) is 1. The van der Waals surface area contributed by atoms with Crippen molar-refractivity contribution < 1.29 is 9.09 Å². The maximum absolute atomic E-state index is 11.8. The summed E-state index contributed by atoms with van der Waals surface area (Å²) in [6, 6.07) is 0. The monoisotopic (exact) mass is 213 g/mol. The Balaban J connectivity index is 4.06. The average molecular weight is 214 g/mol. The molecule has 0 radical (unpaired) electrons. The Morgan fingerprint density at radius 3 is 2.25 bits per heavy atom. The van der Waals surface area contributed by atoms with Gasteiger partial charge in [0.2, 0.25) is 0 Å². The number of hydrogen-bond donors (Lipinski definition) is 0. The summed E-state index contributed by atoms with van der Waals surface area (Å²) in [5.74, 6) is 0.388. The van der Waals surface area contributed by atoms with Crippen LogP contribution in [0.4, 0.5) is 0 Å². The Morgan fingerprint density at radius 1 is 1.42 bits per heavy atom. The third-order valence-corrected chi connectivity index (χ3v) is 4.06. The molecule has 0 amide bonds. The van der Waals surface area contributed by atoms with E-state index in [0.717, 1.165) is 13.1 Å². The van der Waals surface area contributed by atoms with Gasteiger partial charge in [0, 0.05) is 25.6 Å². The molecule has 3 nitrogen and oxygen atoms in total. The van der Waals surface area contributed by atoms with Gasteiger partial charge in [-0.05, 0) is 0 Å². The van der Waals surface area contributed by atoms with Gasteiger partial charge in [0.1, 0.15) is 0 Å². The zero-order chi connectivity index (χ0) is 9.61. The first-order valence-corrected chi connectivity index (χ1v) is 6.67. The highest BCUT2D eigenvalue weighted by Gasteiger charge is 2.22. The second-order valence-electron chi connectivity index (χ2n) is 2.46. The largest absolute Gasteiger partial charge is 0.316 e. The molecule has 0 aliphatic carbocycles. The van der Waals surface area contributed by atoms with Crippen molar-refractivity contribution in [1.29, 1.82) is 0 Å². The summed E-state index contributed by atoms with van der Waals surface area (Å²) in [4.78, 5) is 0. The van der Waals surface area contributed by atoms with Crippen molar-refractivity contribution in [2.24, 2.45) is 0 Å². The van der Waals surface area contributed by atoms with E-state index in [4.69, 9.17) is 16.1 Å². The highest BCUT2D eigenvalue weighted by Crippen LogP contribution is 2.46. The van der Waals surface area contributed by atoms with Crippen molar-refractivity contribution in [2.45, 2.75) is 13.8 Å². The van der Waals surface area contributed by atoms with E-state index in [9.17, 15) is 4.57 Å². The SMILES string of the molecule is CCN(CC)P(C)(=O)OCCCl. The molecule has 0 bridgehead atoms. The van der Waals surface area contributed by atoms with Crippen molar-refractivity contribution in [3.8, 4) is 0 Å². The van der Waals surface area contributed by atoms with E-state index in [1.807, 2.05) is 18.5 Å². The Labute approximate surface area is 79.5 Å². The van der Waals surface area contributed by atoms with Gasteiger partial charge in [0.15, 0.2) is 0 Å². The van der Waals surface area contributed by atoms with Gasteiger partial charge in [0.25, 0.3) is 7.52 Å².